The summed E-state index contributed by atoms with van der Waals surface area (Å²) in [4.78, 5) is 10.5. The minimum Gasteiger partial charge on any atom is -0.468 e. The van der Waals surface area contributed by atoms with E-state index in [0.717, 1.165) is 12.3 Å². The van der Waals surface area contributed by atoms with Gasteiger partial charge in [-0.3, -0.25) is 4.79 Å². The highest BCUT2D eigenvalue weighted by molar-refractivity contribution is 7.99. The van der Waals surface area contributed by atoms with E-state index in [2.05, 4.69) is 10.1 Å². The Morgan fingerprint density at radius 2 is 2.40 bits per heavy atom. The Kier molecular flexibility index (Phi) is 6.74. The largest absolute Gasteiger partial charge is 0.468 e. The van der Waals surface area contributed by atoms with Gasteiger partial charge in [-0.15, -0.1) is 11.8 Å². The Morgan fingerprint density at radius 1 is 1.70 bits per heavy atom. The van der Waals surface area contributed by atoms with Crippen LogP contribution in [0.25, 0.3) is 0 Å². The summed E-state index contributed by atoms with van der Waals surface area (Å²) in [5, 5.41) is 2.99. The van der Waals surface area contributed by atoms with Crippen LogP contribution in [0.2, 0.25) is 0 Å². The van der Waals surface area contributed by atoms with Crippen molar-refractivity contribution in [1.82, 2.24) is 5.32 Å². The fourth-order valence-corrected chi connectivity index (χ4v) is 1.17. The van der Waals surface area contributed by atoms with Gasteiger partial charge in [-0.2, -0.15) is 0 Å². The topological polar surface area (TPSA) is 38.3 Å². The van der Waals surface area contributed by atoms with Crippen LogP contribution < -0.4 is 5.32 Å². The predicted molar refractivity (Wildman–Crippen MR) is 43.3 cm³/mol. The van der Waals surface area contributed by atoms with E-state index < -0.39 is 0 Å². The number of nitrogens with one attached hydrogen (secondary N) is 1. The lowest BCUT2D eigenvalue weighted by molar-refractivity contribution is -0.137. The molecule has 0 aliphatic carbocycles. The number of ether oxygens (including phenoxy) is 1. The molecule has 0 spiro atoms. The Hall–Kier alpha value is -0.220. The quantitative estimate of drug-likeness (QED) is 0.461. The average Bonchev–Trinajstić information content (AvgIpc) is 1.98. The molecule has 0 aromatic carbocycles. The zero-order chi connectivity index (χ0) is 7.82. The molecule has 0 fully saturated rings. The minimum atomic E-state index is -0.152. The second-order valence-corrected chi connectivity index (χ2v) is 2.84. The summed E-state index contributed by atoms with van der Waals surface area (Å²) in [6, 6.07) is 0. The van der Waals surface area contributed by atoms with Crippen LogP contribution in [0.5, 0.6) is 0 Å². The van der Waals surface area contributed by atoms with Crippen LogP contribution in [-0.2, 0) is 9.53 Å². The maximum Gasteiger partial charge on any atom is 0.315 e. The third-order valence-corrected chi connectivity index (χ3v) is 1.88. The molecule has 0 aromatic rings. The van der Waals surface area contributed by atoms with Crippen molar-refractivity contribution in [2.24, 2.45) is 0 Å². The van der Waals surface area contributed by atoms with E-state index in [-0.39, 0.29) is 5.97 Å². The van der Waals surface area contributed by atoms with Gasteiger partial charge in [0.25, 0.3) is 0 Å². The standard InChI is InChI=1S/C6H13NO2S/c1-7-3-4-10-5-6(8)9-2/h7H,3-5H2,1-2H3. The normalized spacial score (nSPS) is 9.40. The van der Waals surface area contributed by atoms with Crippen LogP contribution in [0, 0.1) is 0 Å². The van der Waals surface area contributed by atoms with Crippen molar-refractivity contribution in [2.45, 2.75) is 0 Å². The fourth-order valence-electron chi connectivity index (χ4n) is 0.389. The highest BCUT2D eigenvalue weighted by Gasteiger charge is 1.97. The third kappa shape index (κ3) is 5.91. The fraction of sp³-hybridized carbons (Fsp3) is 0.833. The van der Waals surface area contributed by atoms with E-state index in [0.29, 0.717) is 5.75 Å². The third-order valence-electron chi connectivity index (χ3n) is 0.944. The number of rotatable bonds is 5. The van der Waals surface area contributed by atoms with Gasteiger partial charge in [0.2, 0.25) is 0 Å². The highest BCUT2D eigenvalue weighted by Crippen LogP contribution is 1.97. The number of carbonyl (C=O) groups is 1. The molecular formula is C6H13NO2S. The van der Waals surface area contributed by atoms with Gasteiger partial charge in [0.15, 0.2) is 0 Å². The van der Waals surface area contributed by atoms with Crippen LogP contribution in [0.1, 0.15) is 0 Å². The number of carbonyl (C=O) groups excluding carboxylic acids is 1. The van der Waals surface area contributed by atoms with Gasteiger partial charge < -0.3 is 10.1 Å². The van der Waals surface area contributed by atoms with E-state index >= 15 is 0 Å². The van der Waals surface area contributed by atoms with E-state index in [9.17, 15) is 4.79 Å². The molecule has 0 unspecified atom stereocenters. The van der Waals surface area contributed by atoms with E-state index in [4.69, 9.17) is 0 Å². The van der Waals surface area contributed by atoms with Gasteiger partial charge in [-0.25, -0.2) is 0 Å². The molecule has 0 saturated heterocycles. The van der Waals surface area contributed by atoms with Crippen LogP contribution in [0.15, 0.2) is 0 Å². The van der Waals surface area contributed by atoms with Crippen molar-refractivity contribution >= 4 is 17.7 Å². The highest BCUT2D eigenvalue weighted by atomic mass is 32.2. The number of esters is 1. The summed E-state index contributed by atoms with van der Waals surface area (Å²) in [5.41, 5.74) is 0. The van der Waals surface area contributed by atoms with Crippen LogP contribution in [0.4, 0.5) is 0 Å². The molecule has 0 heterocycles. The molecule has 0 aliphatic rings. The molecule has 0 amide bonds. The van der Waals surface area contributed by atoms with Gasteiger partial charge in [0, 0.05) is 12.3 Å². The van der Waals surface area contributed by atoms with E-state index in [1.165, 1.54) is 7.11 Å². The van der Waals surface area contributed by atoms with E-state index in [1.807, 2.05) is 7.05 Å². The van der Waals surface area contributed by atoms with E-state index in [1.54, 1.807) is 11.8 Å². The molecule has 60 valence electrons. The Bertz CT molecular complexity index is 97.7. The summed E-state index contributed by atoms with van der Waals surface area (Å²) in [7, 11) is 3.29. The molecule has 10 heavy (non-hydrogen) atoms. The smallest absolute Gasteiger partial charge is 0.315 e. The van der Waals surface area contributed by atoms with Crippen molar-refractivity contribution in [3.05, 3.63) is 0 Å². The van der Waals surface area contributed by atoms with Crippen molar-refractivity contribution in [1.29, 1.82) is 0 Å². The summed E-state index contributed by atoms with van der Waals surface area (Å²) in [6.07, 6.45) is 0. The van der Waals surface area contributed by atoms with Gasteiger partial charge in [-0.1, -0.05) is 0 Å². The minimum absolute atomic E-state index is 0.152. The SMILES string of the molecule is CNCCSCC(=O)OC. The van der Waals surface area contributed by atoms with Crippen molar-refractivity contribution < 1.29 is 9.53 Å². The molecule has 4 heteroatoms. The number of hydrogen-bond acceptors (Lipinski definition) is 4. The first-order valence-corrected chi connectivity index (χ1v) is 4.26. The molecule has 1 N–H and O–H groups in total. The molecule has 0 aromatic heterocycles. The summed E-state index contributed by atoms with van der Waals surface area (Å²) < 4.78 is 4.45. The average molecular weight is 163 g/mol. The van der Waals surface area contributed by atoms with Crippen molar-refractivity contribution in [3.8, 4) is 0 Å². The molecule has 0 bridgehead atoms. The molecule has 0 aliphatic heterocycles. The molecule has 0 atom stereocenters. The zero-order valence-electron chi connectivity index (χ0n) is 6.35. The molecule has 3 nitrogen and oxygen atoms in total. The summed E-state index contributed by atoms with van der Waals surface area (Å²) >= 11 is 1.57. The van der Waals surface area contributed by atoms with Crippen LogP contribution >= 0.6 is 11.8 Å². The first-order chi connectivity index (χ1) is 4.81. The lowest BCUT2D eigenvalue weighted by Gasteiger charge is -1.98. The monoisotopic (exact) mass is 163 g/mol. The van der Waals surface area contributed by atoms with Gasteiger partial charge in [-0.05, 0) is 7.05 Å². The molecule has 0 radical (unpaired) electrons. The van der Waals surface area contributed by atoms with Crippen molar-refractivity contribution in [3.63, 3.8) is 0 Å². The lowest BCUT2D eigenvalue weighted by Crippen LogP contribution is -2.12. The van der Waals surface area contributed by atoms with Crippen LogP contribution in [0.3, 0.4) is 0 Å². The lowest BCUT2D eigenvalue weighted by atomic mass is 10.8. The van der Waals surface area contributed by atoms with Gasteiger partial charge >= 0.3 is 5.97 Å². The second-order valence-electron chi connectivity index (χ2n) is 1.73. The maximum atomic E-state index is 10.5. The van der Waals surface area contributed by atoms with Crippen molar-refractivity contribution in [2.75, 3.05) is 32.2 Å². The van der Waals surface area contributed by atoms with Gasteiger partial charge in [0.1, 0.15) is 0 Å². The molecular weight excluding hydrogens is 150 g/mol. The molecule has 0 saturated carbocycles. The Balaban J connectivity index is 2.96. The Morgan fingerprint density at radius 3 is 2.90 bits per heavy atom. The second kappa shape index (κ2) is 6.89. The molecule has 0 rings (SSSR count). The van der Waals surface area contributed by atoms with Crippen LogP contribution in [-0.4, -0.2) is 38.2 Å². The summed E-state index contributed by atoms with van der Waals surface area (Å²) in [6.45, 7) is 0.932. The number of methoxy groups -OCH3 is 1. The van der Waals surface area contributed by atoms with Gasteiger partial charge in [0.05, 0.1) is 12.9 Å². The maximum absolute atomic E-state index is 10.5. The predicted octanol–water partition coefficient (Wildman–Crippen LogP) is 0.112. The first kappa shape index (κ1) is 9.78. The zero-order valence-corrected chi connectivity index (χ0v) is 7.16. The number of thioether (sulfide) groups is 1. The number of hydrogen-bond donors (Lipinski definition) is 1. The summed E-state index contributed by atoms with van der Waals surface area (Å²) in [5.74, 6) is 1.25. The first-order valence-electron chi connectivity index (χ1n) is 3.10. The Labute approximate surface area is 65.5 Å².